The lowest BCUT2D eigenvalue weighted by Gasteiger charge is -2.25. The van der Waals surface area contributed by atoms with Crippen molar-refractivity contribution in [2.75, 3.05) is 25.5 Å². The molecule has 1 aliphatic rings. The second kappa shape index (κ2) is 6.78. The Morgan fingerprint density at radius 3 is 2.71 bits per heavy atom. The predicted octanol–water partition coefficient (Wildman–Crippen LogP) is 0.471. The van der Waals surface area contributed by atoms with E-state index < -0.39 is 16.1 Å². The molecule has 2 N–H and O–H groups in total. The fourth-order valence-corrected chi connectivity index (χ4v) is 3.67. The number of rotatable bonds is 5. The molecule has 132 valence electrons. The first kappa shape index (κ1) is 18.2. The summed E-state index contributed by atoms with van der Waals surface area (Å²) in [5, 5.41) is 5.23. The number of ether oxygens (including phenoxy) is 1. The number of aryl methyl sites for hydroxylation is 1. The van der Waals surface area contributed by atoms with E-state index in [1.165, 1.54) is 13.1 Å². The van der Waals surface area contributed by atoms with Crippen LogP contribution in [0.2, 0.25) is 0 Å². The summed E-state index contributed by atoms with van der Waals surface area (Å²) < 4.78 is 31.9. The van der Waals surface area contributed by atoms with Crippen molar-refractivity contribution in [1.82, 2.24) is 9.62 Å². The maximum absolute atomic E-state index is 12.7. The van der Waals surface area contributed by atoms with E-state index in [1.807, 2.05) is 0 Å². The number of anilines is 1. The molecule has 0 unspecified atom stereocenters. The van der Waals surface area contributed by atoms with Crippen molar-refractivity contribution in [1.29, 1.82) is 0 Å². The summed E-state index contributed by atoms with van der Waals surface area (Å²) in [4.78, 5) is 23.3. The van der Waals surface area contributed by atoms with Crippen LogP contribution in [0, 0.1) is 6.92 Å². The summed E-state index contributed by atoms with van der Waals surface area (Å²) in [6.07, 6.45) is -0.705. The second-order valence-electron chi connectivity index (χ2n) is 5.58. The molecule has 0 bridgehead atoms. The predicted molar refractivity (Wildman–Crippen MR) is 88.4 cm³/mol. The molecule has 1 heterocycles. The molecule has 1 aromatic rings. The van der Waals surface area contributed by atoms with Crippen LogP contribution in [0.1, 0.15) is 19.4 Å². The highest BCUT2D eigenvalue weighted by Gasteiger charge is 2.29. The Hall–Kier alpha value is -2.13. The minimum absolute atomic E-state index is 0.0383. The third-order valence-corrected chi connectivity index (χ3v) is 5.58. The zero-order valence-corrected chi connectivity index (χ0v) is 14.9. The van der Waals surface area contributed by atoms with Crippen molar-refractivity contribution in [2.24, 2.45) is 0 Å². The molecule has 0 radical (unpaired) electrons. The second-order valence-corrected chi connectivity index (χ2v) is 7.59. The fraction of sp³-hybridized carbons (Fsp3) is 0.467. The molecule has 0 aromatic heterocycles. The molecule has 2 amide bonds. The average Bonchev–Trinajstić information content (AvgIpc) is 2.48. The molecule has 0 saturated carbocycles. The van der Waals surface area contributed by atoms with Gasteiger partial charge in [0, 0.05) is 19.7 Å². The van der Waals surface area contributed by atoms with Crippen molar-refractivity contribution >= 4 is 27.5 Å². The third kappa shape index (κ3) is 3.51. The van der Waals surface area contributed by atoms with Gasteiger partial charge < -0.3 is 15.4 Å². The van der Waals surface area contributed by atoms with Gasteiger partial charge >= 0.3 is 0 Å². The zero-order chi connectivity index (χ0) is 18.1. The highest BCUT2D eigenvalue weighted by Crippen LogP contribution is 2.35. The molecule has 0 saturated heterocycles. The first-order valence-corrected chi connectivity index (χ1v) is 8.96. The summed E-state index contributed by atoms with van der Waals surface area (Å²) in [5.41, 5.74) is 0.885. The number of amides is 2. The van der Waals surface area contributed by atoms with Crippen molar-refractivity contribution in [3.8, 4) is 5.75 Å². The molecule has 8 nitrogen and oxygen atoms in total. The minimum Gasteiger partial charge on any atom is -0.479 e. The van der Waals surface area contributed by atoms with Gasteiger partial charge in [0.25, 0.3) is 5.91 Å². The zero-order valence-electron chi connectivity index (χ0n) is 14.0. The number of nitrogens with one attached hydrogen (secondary N) is 2. The summed E-state index contributed by atoms with van der Waals surface area (Å²) in [6, 6.07) is 2.93. The average molecular weight is 355 g/mol. The Balaban J connectivity index is 2.36. The van der Waals surface area contributed by atoms with Crippen LogP contribution in [0.25, 0.3) is 0 Å². The molecule has 24 heavy (non-hydrogen) atoms. The summed E-state index contributed by atoms with van der Waals surface area (Å²) in [7, 11) is -2.53. The molecule has 1 atom stereocenters. The number of benzene rings is 1. The van der Waals surface area contributed by atoms with Gasteiger partial charge in [-0.2, -0.15) is 4.31 Å². The standard InChI is InChI=1S/C15H21N3O5S/c1-5-16-14(19)8-18(4)24(21,22)13-7-12-11(6-9(13)2)17-15(20)10(3)23-12/h6-7,10H,5,8H2,1-4H3,(H,16,19)(H,17,20)/t10-/m0/s1. The number of hydrogen-bond acceptors (Lipinski definition) is 5. The van der Waals surface area contributed by atoms with E-state index in [0.717, 1.165) is 4.31 Å². The minimum atomic E-state index is -3.87. The van der Waals surface area contributed by atoms with Crippen molar-refractivity contribution in [3.63, 3.8) is 0 Å². The Morgan fingerprint density at radius 1 is 1.42 bits per heavy atom. The molecule has 1 aromatic carbocycles. The van der Waals surface area contributed by atoms with Crippen LogP contribution in [-0.4, -0.2) is 50.8 Å². The highest BCUT2D eigenvalue weighted by atomic mass is 32.2. The first-order chi connectivity index (χ1) is 11.2. The van der Waals surface area contributed by atoms with E-state index in [-0.39, 0.29) is 29.0 Å². The number of likely N-dealkylation sites (N-methyl/N-ethyl adjacent to an activating group) is 2. The lowest BCUT2D eigenvalue weighted by atomic mass is 10.1. The van der Waals surface area contributed by atoms with Crippen LogP contribution in [0.5, 0.6) is 5.75 Å². The number of fused-ring (bicyclic) bond motifs is 1. The largest absolute Gasteiger partial charge is 0.479 e. The van der Waals surface area contributed by atoms with Crippen LogP contribution in [-0.2, 0) is 19.6 Å². The molecular weight excluding hydrogens is 334 g/mol. The highest BCUT2D eigenvalue weighted by molar-refractivity contribution is 7.89. The molecular formula is C15H21N3O5S. The Kier molecular flexibility index (Phi) is 5.14. The number of sulfonamides is 1. The summed E-state index contributed by atoms with van der Waals surface area (Å²) in [6.45, 7) is 5.11. The monoisotopic (exact) mass is 355 g/mol. The molecule has 1 aliphatic heterocycles. The summed E-state index contributed by atoms with van der Waals surface area (Å²) >= 11 is 0. The molecule has 0 fully saturated rings. The van der Waals surface area contributed by atoms with Gasteiger partial charge in [0.05, 0.1) is 17.1 Å². The number of carbonyl (C=O) groups excluding carboxylic acids is 2. The van der Waals surface area contributed by atoms with Crippen molar-refractivity contribution in [3.05, 3.63) is 17.7 Å². The van der Waals surface area contributed by atoms with Gasteiger partial charge in [-0.05, 0) is 32.4 Å². The first-order valence-electron chi connectivity index (χ1n) is 7.52. The Bertz CT molecular complexity index is 776. The van der Waals surface area contributed by atoms with E-state index in [4.69, 9.17) is 4.74 Å². The molecule has 0 aliphatic carbocycles. The van der Waals surface area contributed by atoms with E-state index in [9.17, 15) is 18.0 Å². The topological polar surface area (TPSA) is 105 Å². The normalized spacial score (nSPS) is 17.0. The van der Waals surface area contributed by atoms with Crippen LogP contribution in [0.3, 0.4) is 0 Å². The third-order valence-electron chi connectivity index (χ3n) is 3.64. The van der Waals surface area contributed by atoms with Gasteiger partial charge in [0.2, 0.25) is 15.9 Å². The SMILES string of the molecule is CCNC(=O)CN(C)S(=O)(=O)c1cc2c(cc1C)NC(=O)[C@H](C)O2. The van der Waals surface area contributed by atoms with Crippen LogP contribution < -0.4 is 15.4 Å². The lowest BCUT2D eigenvalue weighted by Crippen LogP contribution is -2.38. The maximum Gasteiger partial charge on any atom is 0.265 e. The van der Waals surface area contributed by atoms with Crippen LogP contribution in [0.15, 0.2) is 17.0 Å². The van der Waals surface area contributed by atoms with Gasteiger partial charge in [-0.25, -0.2) is 8.42 Å². The van der Waals surface area contributed by atoms with E-state index in [2.05, 4.69) is 10.6 Å². The smallest absolute Gasteiger partial charge is 0.265 e. The molecule has 9 heteroatoms. The van der Waals surface area contributed by atoms with Gasteiger partial charge in [-0.3, -0.25) is 9.59 Å². The van der Waals surface area contributed by atoms with E-state index in [1.54, 1.807) is 26.8 Å². The van der Waals surface area contributed by atoms with Gasteiger partial charge in [0.15, 0.2) is 6.10 Å². The van der Waals surface area contributed by atoms with E-state index in [0.29, 0.717) is 17.8 Å². The van der Waals surface area contributed by atoms with Gasteiger partial charge in [0.1, 0.15) is 5.75 Å². The number of nitrogens with zero attached hydrogens (tertiary/aromatic N) is 1. The Morgan fingerprint density at radius 2 is 2.08 bits per heavy atom. The number of carbonyl (C=O) groups is 2. The number of hydrogen-bond donors (Lipinski definition) is 2. The van der Waals surface area contributed by atoms with E-state index >= 15 is 0 Å². The molecule has 2 rings (SSSR count). The van der Waals surface area contributed by atoms with Crippen molar-refractivity contribution < 1.29 is 22.7 Å². The van der Waals surface area contributed by atoms with Gasteiger partial charge in [-0.1, -0.05) is 0 Å². The van der Waals surface area contributed by atoms with Crippen molar-refractivity contribution in [2.45, 2.75) is 31.8 Å². The lowest BCUT2D eigenvalue weighted by molar-refractivity contribution is -0.123. The Labute approximate surface area is 141 Å². The maximum atomic E-state index is 12.7. The van der Waals surface area contributed by atoms with Crippen LogP contribution >= 0.6 is 0 Å². The summed E-state index contributed by atoms with van der Waals surface area (Å²) in [5.74, 6) is -0.375. The van der Waals surface area contributed by atoms with Gasteiger partial charge in [-0.15, -0.1) is 0 Å². The fourth-order valence-electron chi connectivity index (χ4n) is 2.33. The molecule has 0 spiro atoms. The van der Waals surface area contributed by atoms with Crippen LogP contribution in [0.4, 0.5) is 5.69 Å². The quantitative estimate of drug-likeness (QED) is 0.799.